The minimum absolute atomic E-state index is 0.0494. The van der Waals surface area contributed by atoms with Crippen molar-refractivity contribution in [1.29, 1.82) is 0 Å². The Bertz CT molecular complexity index is 526. The number of aromatic nitrogens is 2. The Morgan fingerprint density at radius 3 is 2.42 bits per heavy atom. The first-order valence-corrected chi connectivity index (χ1v) is 6.13. The number of rotatable bonds is 5. The van der Waals surface area contributed by atoms with Crippen LogP contribution in [0.5, 0.6) is 17.5 Å². The Balaban J connectivity index is 2.09. The van der Waals surface area contributed by atoms with Gasteiger partial charge in [-0.3, -0.25) is 4.98 Å². The number of ether oxygens (including phenoxy) is 2. The second-order valence-electron chi connectivity index (χ2n) is 4.31. The van der Waals surface area contributed by atoms with Gasteiger partial charge in [0.05, 0.1) is 18.5 Å². The van der Waals surface area contributed by atoms with Crippen molar-refractivity contribution >= 4 is 0 Å². The van der Waals surface area contributed by atoms with Crippen LogP contribution in [0.2, 0.25) is 0 Å². The van der Waals surface area contributed by atoms with Crippen LogP contribution in [0.15, 0.2) is 36.7 Å². The zero-order valence-electron chi connectivity index (χ0n) is 11.0. The summed E-state index contributed by atoms with van der Waals surface area (Å²) in [5.41, 5.74) is 6.59. The van der Waals surface area contributed by atoms with Crippen LogP contribution in [0.3, 0.4) is 0 Å². The summed E-state index contributed by atoms with van der Waals surface area (Å²) in [5, 5.41) is 0. The van der Waals surface area contributed by atoms with Crippen LogP contribution in [0.25, 0.3) is 0 Å². The molecule has 0 atom stereocenters. The van der Waals surface area contributed by atoms with Crippen molar-refractivity contribution < 1.29 is 9.47 Å². The van der Waals surface area contributed by atoms with E-state index in [2.05, 4.69) is 9.97 Å². The van der Waals surface area contributed by atoms with Crippen LogP contribution in [-0.4, -0.2) is 16.1 Å². The molecule has 0 saturated carbocycles. The molecule has 5 nitrogen and oxygen atoms in total. The molecule has 1 heterocycles. The van der Waals surface area contributed by atoms with Crippen molar-refractivity contribution in [3.05, 3.63) is 42.2 Å². The first-order chi connectivity index (χ1) is 9.17. The van der Waals surface area contributed by atoms with Crippen molar-refractivity contribution in [2.24, 2.45) is 5.73 Å². The van der Waals surface area contributed by atoms with Crippen LogP contribution in [-0.2, 0) is 6.54 Å². The number of nitrogens with zero attached hydrogens (tertiary/aromatic N) is 2. The van der Waals surface area contributed by atoms with Gasteiger partial charge in [-0.15, -0.1) is 0 Å². The fraction of sp³-hybridized carbons (Fsp3) is 0.286. The zero-order valence-corrected chi connectivity index (χ0v) is 11.0. The van der Waals surface area contributed by atoms with E-state index in [1.54, 1.807) is 12.4 Å². The van der Waals surface area contributed by atoms with Gasteiger partial charge in [-0.2, -0.15) is 4.98 Å². The molecule has 0 bridgehead atoms. The van der Waals surface area contributed by atoms with Gasteiger partial charge in [-0.05, 0) is 31.5 Å². The molecule has 0 fully saturated rings. The molecular weight excluding hydrogens is 242 g/mol. The molecule has 0 aliphatic carbocycles. The monoisotopic (exact) mass is 259 g/mol. The molecule has 100 valence electrons. The van der Waals surface area contributed by atoms with E-state index in [1.807, 2.05) is 38.1 Å². The molecule has 5 heteroatoms. The molecule has 0 saturated heterocycles. The lowest BCUT2D eigenvalue weighted by Crippen LogP contribution is -2.07. The van der Waals surface area contributed by atoms with Crippen LogP contribution in [0.4, 0.5) is 0 Å². The van der Waals surface area contributed by atoms with E-state index in [0.717, 1.165) is 5.56 Å². The van der Waals surface area contributed by atoms with Crippen molar-refractivity contribution in [2.75, 3.05) is 0 Å². The van der Waals surface area contributed by atoms with E-state index in [0.29, 0.717) is 24.1 Å². The standard InChI is InChI=1S/C14H17N3O2/c1-10(2)18-13-8-16-9-14(17-13)19-12-5-3-11(7-15)4-6-12/h3-6,8-10H,7,15H2,1-2H3. The van der Waals surface area contributed by atoms with Gasteiger partial charge in [-0.1, -0.05) is 12.1 Å². The van der Waals surface area contributed by atoms with Crippen LogP contribution in [0.1, 0.15) is 19.4 Å². The summed E-state index contributed by atoms with van der Waals surface area (Å²) in [5.74, 6) is 1.54. The molecule has 19 heavy (non-hydrogen) atoms. The molecule has 0 unspecified atom stereocenters. The molecule has 0 spiro atoms. The second kappa shape index (κ2) is 6.15. The van der Waals surface area contributed by atoms with Gasteiger partial charge in [0.1, 0.15) is 5.75 Å². The van der Waals surface area contributed by atoms with Gasteiger partial charge >= 0.3 is 0 Å². The molecule has 2 N–H and O–H groups in total. The Morgan fingerprint density at radius 1 is 1.11 bits per heavy atom. The molecule has 0 aliphatic rings. The Labute approximate surface area is 112 Å². The minimum Gasteiger partial charge on any atom is -0.474 e. The highest BCUT2D eigenvalue weighted by Gasteiger charge is 2.04. The summed E-state index contributed by atoms with van der Waals surface area (Å²) in [6, 6.07) is 7.52. The summed E-state index contributed by atoms with van der Waals surface area (Å²) in [7, 11) is 0. The average molecular weight is 259 g/mol. The second-order valence-corrected chi connectivity index (χ2v) is 4.31. The lowest BCUT2D eigenvalue weighted by Gasteiger charge is -2.09. The minimum atomic E-state index is 0.0494. The third-order valence-corrected chi connectivity index (χ3v) is 2.33. The first kappa shape index (κ1) is 13.3. The molecule has 0 radical (unpaired) electrons. The van der Waals surface area contributed by atoms with E-state index >= 15 is 0 Å². The summed E-state index contributed by atoms with van der Waals surface area (Å²) < 4.78 is 11.1. The predicted molar refractivity (Wildman–Crippen MR) is 72.2 cm³/mol. The van der Waals surface area contributed by atoms with Crippen molar-refractivity contribution in [3.63, 3.8) is 0 Å². The third kappa shape index (κ3) is 3.93. The highest BCUT2D eigenvalue weighted by atomic mass is 16.5. The summed E-state index contributed by atoms with van der Waals surface area (Å²) in [4.78, 5) is 8.25. The van der Waals surface area contributed by atoms with Crippen LogP contribution >= 0.6 is 0 Å². The van der Waals surface area contributed by atoms with E-state index in [-0.39, 0.29) is 6.10 Å². The van der Waals surface area contributed by atoms with Gasteiger partial charge in [-0.25, -0.2) is 0 Å². The van der Waals surface area contributed by atoms with Gasteiger partial charge in [0.15, 0.2) is 0 Å². The molecule has 2 aromatic rings. The smallest absolute Gasteiger partial charge is 0.241 e. The topological polar surface area (TPSA) is 70.3 Å². The summed E-state index contributed by atoms with van der Waals surface area (Å²) in [6.45, 7) is 4.37. The Kier molecular flexibility index (Phi) is 4.30. The Hall–Kier alpha value is -2.14. The average Bonchev–Trinajstić information content (AvgIpc) is 2.39. The van der Waals surface area contributed by atoms with E-state index in [9.17, 15) is 0 Å². The van der Waals surface area contributed by atoms with Crippen molar-refractivity contribution in [1.82, 2.24) is 9.97 Å². The van der Waals surface area contributed by atoms with Crippen LogP contribution in [0, 0.1) is 0 Å². The van der Waals surface area contributed by atoms with Gasteiger partial charge in [0, 0.05) is 6.54 Å². The van der Waals surface area contributed by atoms with E-state index < -0.39 is 0 Å². The third-order valence-electron chi connectivity index (χ3n) is 2.33. The summed E-state index contributed by atoms with van der Waals surface area (Å²) >= 11 is 0. The lowest BCUT2D eigenvalue weighted by atomic mass is 10.2. The normalized spacial score (nSPS) is 10.5. The van der Waals surface area contributed by atoms with Crippen molar-refractivity contribution in [3.8, 4) is 17.5 Å². The number of benzene rings is 1. The SMILES string of the molecule is CC(C)Oc1cncc(Oc2ccc(CN)cc2)n1. The fourth-order valence-corrected chi connectivity index (χ4v) is 1.49. The molecular formula is C14H17N3O2. The van der Waals surface area contributed by atoms with E-state index in [1.165, 1.54) is 0 Å². The fourth-order valence-electron chi connectivity index (χ4n) is 1.49. The molecule has 2 rings (SSSR count). The highest BCUT2D eigenvalue weighted by Crippen LogP contribution is 2.21. The quantitative estimate of drug-likeness (QED) is 0.893. The van der Waals surface area contributed by atoms with Gasteiger partial charge in [0.25, 0.3) is 0 Å². The zero-order chi connectivity index (χ0) is 13.7. The lowest BCUT2D eigenvalue weighted by molar-refractivity contribution is 0.229. The number of nitrogens with two attached hydrogens (primary N) is 1. The maximum Gasteiger partial charge on any atom is 0.241 e. The molecule has 1 aromatic heterocycles. The number of hydrogen-bond donors (Lipinski definition) is 1. The van der Waals surface area contributed by atoms with Crippen molar-refractivity contribution in [2.45, 2.75) is 26.5 Å². The van der Waals surface area contributed by atoms with Crippen LogP contribution < -0.4 is 15.2 Å². The molecule has 0 aliphatic heterocycles. The molecule has 1 aromatic carbocycles. The summed E-state index contributed by atoms with van der Waals surface area (Å²) in [6.07, 6.45) is 3.15. The molecule has 0 amide bonds. The predicted octanol–water partition coefficient (Wildman–Crippen LogP) is 2.51. The maximum absolute atomic E-state index is 5.61. The highest BCUT2D eigenvalue weighted by molar-refractivity contribution is 5.30. The van der Waals surface area contributed by atoms with Gasteiger partial charge in [0.2, 0.25) is 11.8 Å². The van der Waals surface area contributed by atoms with Gasteiger partial charge < -0.3 is 15.2 Å². The maximum atomic E-state index is 5.61. The first-order valence-electron chi connectivity index (χ1n) is 6.13. The van der Waals surface area contributed by atoms with E-state index in [4.69, 9.17) is 15.2 Å². The largest absolute Gasteiger partial charge is 0.474 e. The number of hydrogen-bond acceptors (Lipinski definition) is 5. The Morgan fingerprint density at radius 2 is 1.79 bits per heavy atom.